The van der Waals surface area contributed by atoms with Crippen LogP contribution in [-0.4, -0.2) is 22.6 Å². The van der Waals surface area contributed by atoms with Gasteiger partial charge in [0.05, 0.1) is 0 Å². The number of fused-ring (bicyclic) bond motifs is 1. The highest BCUT2D eigenvalue weighted by atomic mass is 15.1. The maximum atomic E-state index is 2.65. The van der Waals surface area contributed by atoms with Gasteiger partial charge in [-0.2, -0.15) is 0 Å². The molecule has 0 aliphatic carbocycles. The molecule has 1 aromatic heterocycles. The normalized spacial score (nSPS) is 15.5. The lowest BCUT2D eigenvalue weighted by molar-refractivity contribution is 0.205. The molecule has 0 spiro atoms. The zero-order valence-electron chi connectivity index (χ0n) is 18.7. The lowest BCUT2D eigenvalue weighted by Crippen LogP contribution is -2.32. The van der Waals surface area contributed by atoms with Gasteiger partial charge in [-0.1, -0.05) is 77.9 Å². The molecule has 0 amide bonds. The summed E-state index contributed by atoms with van der Waals surface area (Å²) in [7, 11) is 0. The molecular weight excluding hydrogens is 376 g/mol. The number of hydrogen-bond acceptors (Lipinski definition) is 1. The second-order valence-corrected chi connectivity index (χ2v) is 9.26. The molecule has 158 valence electrons. The van der Waals surface area contributed by atoms with E-state index in [-0.39, 0.29) is 0 Å². The Morgan fingerprint density at radius 3 is 2.19 bits per heavy atom. The van der Waals surface area contributed by atoms with Crippen LogP contribution in [0.3, 0.4) is 0 Å². The fourth-order valence-electron chi connectivity index (χ4n) is 5.27. The van der Waals surface area contributed by atoms with Crippen molar-refractivity contribution in [2.45, 2.75) is 45.7 Å². The van der Waals surface area contributed by atoms with Crippen LogP contribution in [0.1, 0.15) is 46.6 Å². The first-order valence-electron chi connectivity index (χ1n) is 11.6. The third-order valence-electron chi connectivity index (χ3n) is 6.76. The molecule has 1 saturated heterocycles. The van der Waals surface area contributed by atoms with Gasteiger partial charge in [-0.15, -0.1) is 0 Å². The van der Waals surface area contributed by atoms with E-state index in [1.165, 1.54) is 64.7 Å². The smallest absolute Gasteiger partial charge is 0.0486 e. The van der Waals surface area contributed by atoms with Gasteiger partial charge in [-0.25, -0.2) is 0 Å². The van der Waals surface area contributed by atoms with Crippen molar-refractivity contribution in [1.82, 2.24) is 9.47 Å². The Balaban J connectivity index is 1.31. The van der Waals surface area contributed by atoms with Crippen molar-refractivity contribution in [3.63, 3.8) is 0 Å². The molecule has 2 heterocycles. The van der Waals surface area contributed by atoms with Crippen LogP contribution in [-0.2, 0) is 13.1 Å². The first-order chi connectivity index (χ1) is 15.2. The van der Waals surface area contributed by atoms with Gasteiger partial charge in [0.1, 0.15) is 0 Å². The van der Waals surface area contributed by atoms with E-state index < -0.39 is 0 Å². The van der Waals surface area contributed by atoms with Gasteiger partial charge < -0.3 is 4.57 Å². The van der Waals surface area contributed by atoms with Crippen LogP contribution in [0, 0.1) is 13.8 Å². The highest BCUT2D eigenvalue weighted by Crippen LogP contribution is 2.31. The highest BCUT2D eigenvalue weighted by Gasteiger charge is 2.22. The summed E-state index contributed by atoms with van der Waals surface area (Å²) in [5.41, 5.74) is 8.47. The number of benzene rings is 3. The molecule has 0 atom stereocenters. The van der Waals surface area contributed by atoms with Crippen molar-refractivity contribution in [1.29, 1.82) is 0 Å². The third-order valence-corrected chi connectivity index (χ3v) is 6.76. The zero-order valence-corrected chi connectivity index (χ0v) is 18.7. The molecule has 5 rings (SSSR count). The van der Waals surface area contributed by atoms with Crippen LogP contribution in [0.25, 0.3) is 10.9 Å². The second kappa shape index (κ2) is 8.72. The average Bonchev–Trinajstić information content (AvgIpc) is 3.11. The summed E-state index contributed by atoms with van der Waals surface area (Å²) in [6, 6.07) is 26.7. The Morgan fingerprint density at radius 2 is 1.45 bits per heavy atom. The van der Waals surface area contributed by atoms with Crippen molar-refractivity contribution in [2.75, 3.05) is 13.1 Å². The summed E-state index contributed by atoms with van der Waals surface area (Å²) >= 11 is 0. The Hall–Kier alpha value is -2.84. The minimum Gasteiger partial charge on any atom is -0.343 e. The van der Waals surface area contributed by atoms with Crippen molar-refractivity contribution in [3.05, 3.63) is 107 Å². The van der Waals surface area contributed by atoms with Gasteiger partial charge in [-0.3, -0.25) is 4.90 Å². The largest absolute Gasteiger partial charge is 0.343 e. The summed E-state index contributed by atoms with van der Waals surface area (Å²) in [5, 5.41) is 1.40. The Morgan fingerprint density at radius 1 is 0.774 bits per heavy atom. The number of piperidine rings is 1. The Bertz CT molecular complexity index is 1140. The maximum Gasteiger partial charge on any atom is 0.0486 e. The minimum absolute atomic E-state index is 0.703. The summed E-state index contributed by atoms with van der Waals surface area (Å²) in [6.07, 6.45) is 4.89. The van der Waals surface area contributed by atoms with Crippen LogP contribution in [0.4, 0.5) is 0 Å². The van der Waals surface area contributed by atoms with Crippen molar-refractivity contribution in [2.24, 2.45) is 0 Å². The molecule has 0 bridgehead atoms. The SMILES string of the molecule is Cc1cc(C)cc(C2CCN(Cc3cn(Cc4ccccc4)c4ccccc34)CC2)c1. The molecule has 0 saturated carbocycles. The monoisotopic (exact) mass is 408 g/mol. The lowest BCUT2D eigenvalue weighted by atomic mass is 9.87. The number of aryl methyl sites for hydroxylation is 2. The van der Waals surface area contributed by atoms with Gasteiger partial charge in [-0.05, 0) is 68.5 Å². The molecule has 2 nitrogen and oxygen atoms in total. The summed E-state index contributed by atoms with van der Waals surface area (Å²) in [4.78, 5) is 2.65. The van der Waals surface area contributed by atoms with E-state index in [1.807, 2.05) is 0 Å². The van der Waals surface area contributed by atoms with Crippen molar-refractivity contribution < 1.29 is 0 Å². The molecular formula is C29H32N2. The molecule has 0 N–H and O–H groups in total. The van der Waals surface area contributed by atoms with E-state index in [0.717, 1.165) is 13.1 Å². The summed E-state index contributed by atoms with van der Waals surface area (Å²) < 4.78 is 2.42. The zero-order chi connectivity index (χ0) is 21.2. The topological polar surface area (TPSA) is 8.17 Å². The molecule has 3 aromatic carbocycles. The molecule has 1 aliphatic heterocycles. The average molecular weight is 409 g/mol. The summed E-state index contributed by atoms with van der Waals surface area (Å²) in [5.74, 6) is 0.703. The summed E-state index contributed by atoms with van der Waals surface area (Å²) in [6.45, 7) is 8.76. The highest BCUT2D eigenvalue weighted by molar-refractivity contribution is 5.84. The lowest BCUT2D eigenvalue weighted by Gasteiger charge is -2.32. The maximum absolute atomic E-state index is 2.65. The predicted molar refractivity (Wildman–Crippen MR) is 131 cm³/mol. The number of hydrogen-bond donors (Lipinski definition) is 0. The van der Waals surface area contributed by atoms with E-state index in [2.05, 4.69) is 102 Å². The number of likely N-dealkylation sites (tertiary alicyclic amines) is 1. The van der Waals surface area contributed by atoms with Crippen LogP contribution >= 0.6 is 0 Å². The number of rotatable bonds is 5. The van der Waals surface area contributed by atoms with Crippen LogP contribution in [0.5, 0.6) is 0 Å². The van der Waals surface area contributed by atoms with Gasteiger partial charge in [0.15, 0.2) is 0 Å². The molecule has 1 fully saturated rings. The van der Waals surface area contributed by atoms with Gasteiger partial charge in [0.25, 0.3) is 0 Å². The standard InChI is InChI=1S/C29H32N2/c1-22-16-23(2)18-26(17-22)25-12-14-30(15-13-25)20-27-21-31(19-24-8-4-3-5-9-24)29-11-7-6-10-28(27)29/h3-11,16-18,21,25H,12-15,19-20H2,1-2H3. The minimum atomic E-state index is 0.703. The van der Waals surface area contributed by atoms with E-state index >= 15 is 0 Å². The van der Waals surface area contributed by atoms with Gasteiger partial charge in [0.2, 0.25) is 0 Å². The van der Waals surface area contributed by atoms with Crippen LogP contribution < -0.4 is 0 Å². The third kappa shape index (κ3) is 4.45. The second-order valence-electron chi connectivity index (χ2n) is 9.26. The number of aromatic nitrogens is 1. The Kier molecular flexibility index (Phi) is 5.65. The fraction of sp³-hybridized carbons (Fsp3) is 0.310. The van der Waals surface area contributed by atoms with Gasteiger partial charge in [0, 0.05) is 30.2 Å². The molecule has 31 heavy (non-hydrogen) atoms. The molecule has 2 heteroatoms. The van der Waals surface area contributed by atoms with E-state index in [4.69, 9.17) is 0 Å². The van der Waals surface area contributed by atoms with E-state index in [0.29, 0.717) is 5.92 Å². The first-order valence-corrected chi connectivity index (χ1v) is 11.6. The molecule has 4 aromatic rings. The van der Waals surface area contributed by atoms with Crippen molar-refractivity contribution >= 4 is 10.9 Å². The van der Waals surface area contributed by atoms with E-state index in [1.54, 1.807) is 0 Å². The Labute approximate surface area is 186 Å². The van der Waals surface area contributed by atoms with Gasteiger partial charge >= 0.3 is 0 Å². The van der Waals surface area contributed by atoms with Crippen molar-refractivity contribution in [3.8, 4) is 0 Å². The number of nitrogens with zero attached hydrogens (tertiary/aromatic N) is 2. The molecule has 1 aliphatic rings. The fourth-order valence-corrected chi connectivity index (χ4v) is 5.27. The first kappa shape index (κ1) is 20.1. The van der Waals surface area contributed by atoms with Crippen LogP contribution in [0.2, 0.25) is 0 Å². The number of para-hydroxylation sites is 1. The molecule has 0 radical (unpaired) electrons. The van der Waals surface area contributed by atoms with Crippen LogP contribution in [0.15, 0.2) is 79.0 Å². The molecule has 0 unspecified atom stereocenters. The predicted octanol–water partition coefficient (Wildman–Crippen LogP) is 6.69. The van der Waals surface area contributed by atoms with E-state index in [9.17, 15) is 0 Å². The quantitative estimate of drug-likeness (QED) is 0.357.